The third kappa shape index (κ3) is 1.32. The molecule has 3 aromatic heterocycles. The average molecular weight is 236 g/mol. The lowest BCUT2D eigenvalue weighted by molar-refractivity contribution is -0.779. The first-order valence-corrected chi connectivity index (χ1v) is 5.74. The van der Waals surface area contributed by atoms with Gasteiger partial charge in [-0.2, -0.15) is 0 Å². The summed E-state index contributed by atoms with van der Waals surface area (Å²) < 4.78 is 7.49. The summed E-state index contributed by atoms with van der Waals surface area (Å²) in [5.41, 5.74) is 2.67. The molecule has 0 saturated heterocycles. The van der Waals surface area contributed by atoms with Crippen LogP contribution in [-0.2, 0) is 0 Å². The van der Waals surface area contributed by atoms with Gasteiger partial charge in [-0.25, -0.2) is 9.51 Å². The van der Waals surface area contributed by atoms with E-state index >= 15 is 0 Å². The van der Waals surface area contributed by atoms with Gasteiger partial charge in [-0.1, -0.05) is 12.1 Å². The summed E-state index contributed by atoms with van der Waals surface area (Å²) in [6.45, 7) is 0. The van der Waals surface area contributed by atoms with E-state index in [9.17, 15) is 0 Å². The molecule has 0 radical (unpaired) electrons. The zero-order valence-electron chi connectivity index (χ0n) is 9.50. The lowest BCUT2D eigenvalue weighted by atomic mass is 10.3. The molecule has 0 saturated carbocycles. The summed E-state index contributed by atoms with van der Waals surface area (Å²) in [6, 6.07) is 12.0. The van der Waals surface area contributed by atoms with E-state index in [0.29, 0.717) is 0 Å². The van der Waals surface area contributed by atoms with Gasteiger partial charge < -0.3 is 4.98 Å². The molecule has 0 aliphatic rings. The number of hydrogen-bond donors (Lipinski definition) is 1. The first-order valence-electron chi connectivity index (χ1n) is 5.74. The molecule has 0 aliphatic carbocycles. The normalized spacial score (nSPS) is 11.3. The minimum Gasteiger partial charge on any atom is -0.346 e. The van der Waals surface area contributed by atoms with Gasteiger partial charge in [0.15, 0.2) is 0 Å². The van der Waals surface area contributed by atoms with Crippen LogP contribution in [0.15, 0.2) is 59.5 Å². The molecule has 1 N–H and O–H groups in total. The molecule has 0 bridgehead atoms. The quantitative estimate of drug-likeness (QED) is 0.516. The molecule has 0 amide bonds. The maximum atomic E-state index is 5.75. The maximum absolute atomic E-state index is 5.75. The zero-order chi connectivity index (χ0) is 11.9. The summed E-state index contributed by atoms with van der Waals surface area (Å²) >= 11 is 0. The van der Waals surface area contributed by atoms with Gasteiger partial charge in [-0.3, -0.25) is 0 Å². The Labute approximate surface area is 102 Å². The van der Waals surface area contributed by atoms with Gasteiger partial charge in [-0.15, -0.1) is 0 Å². The van der Waals surface area contributed by atoms with Crippen molar-refractivity contribution in [1.82, 2.24) is 9.97 Å². The van der Waals surface area contributed by atoms with Crippen LogP contribution in [0.2, 0.25) is 0 Å². The van der Waals surface area contributed by atoms with Gasteiger partial charge >= 0.3 is 0 Å². The van der Waals surface area contributed by atoms with Gasteiger partial charge in [0.05, 0.1) is 5.39 Å². The number of pyridine rings is 1. The van der Waals surface area contributed by atoms with Crippen molar-refractivity contribution in [3.8, 4) is 5.69 Å². The van der Waals surface area contributed by atoms with Crippen LogP contribution in [0.1, 0.15) is 0 Å². The SMILES string of the molecule is c1ccc2o[n+](-c3cnc4[nH]ccc4c3)cc2c1. The van der Waals surface area contributed by atoms with E-state index < -0.39 is 0 Å². The fourth-order valence-corrected chi connectivity index (χ4v) is 2.10. The van der Waals surface area contributed by atoms with Gasteiger partial charge in [0.1, 0.15) is 11.8 Å². The molecule has 4 rings (SSSR count). The molecule has 4 nitrogen and oxygen atoms in total. The van der Waals surface area contributed by atoms with Crippen molar-refractivity contribution in [1.29, 1.82) is 0 Å². The Morgan fingerprint density at radius 1 is 1.11 bits per heavy atom. The Hall–Kier alpha value is -2.62. The van der Waals surface area contributed by atoms with Gasteiger partial charge in [0, 0.05) is 22.4 Å². The number of aromatic nitrogens is 3. The van der Waals surface area contributed by atoms with Crippen LogP contribution in [0, 0.1) is 0 Å². The van der Waals surface area contributed by atoms with Crippen molar-refractivity contribution >= 4 is 22.0 Å². The predicted molar refractivity (Wildman–Crippen MR) is 67.4 cm³/mol. The standard InChI is InChI=1S/C14H10N3O/c1-2-4-13-11(3-1)9-17(18-13)12-7-10-5-6-15-14(10)16-8-12/h1-9H,(H,15,16)/q+1. The van der Waals surface area contributed by atoms with Crippen LogP contribution in [-0.4, -0.2) is 9.97 Å². The van der Waals surface area contributed by atoms with Crippen molar-refractivity contribution in [2.45, 2.75) is 0 Å². The fourth-order valence-electron chi connectivity index (χ4n) is 2.10. The molecule has 4 aromatic rings. The second-order valence-electron chi connectivity index (χ2n) is 4.19. The van der Waals surface area contributed by atoms with Crippen LogP contribution in [0.5, 0.6) is 0 Å². The summed E-state index contributed by atoms with van der Waals surface area (Å²) in [4.78, 5) is 7.43. The molecule has 4 heteroatoms. The Balaban J connectivity index is 1.94. The molecule has 0 aliphatic heterocycles. The predicted octanol–water partition coefficient (Wildman–Crippen LogP) is 2.59. The van der Waals surface area contributed by atoms with E-state index in [2.05, 4.69) is 9.97 Å². The maximum Gasteiger partial charge on any atom is 0.277 e. The van der Waals surface area contributed by atoms with Crippen molar-refractivity contribution in [3.63, 3.8) is 0 Å². The average Bonchev–Trinajstić information content (AvgIpc) is 3.04. The first-order chi connectivity index (χ1) is 8.90. The monoisotopic (exact) mass is 236 g/mol. The molecule has 86 valence electrons. The Morgan fingerprint density at radius 3 is 3.00 bits per heavy atom. The Kier molecular flexibility index (Phi) is 1.80. The lowest BCUT2D eigenvalue weighted by Crippen LogP contribution is -2.26. The minimum absolute atomic E-state index is 0.867. The lowest BCUT2D eigenvalue weighted by Gasteiger charge is -1.89. The zero-order valence-corrected chi connectivity index (χ0v) is 9.50. The summed E-state index contributed by atoms with van der Waals surface area (Å²) in [5, 5.41) is 2.15. The molecule has 0 atom stereocenters. The highest BCUT2D eigenvalue weighted by atomic mass is 16.5. The van der Waals surface area contributed by atoms with Gasteiger partial charge in [0.25, 0.3) is 5.69 Å². The molecule has 1 aromatic carbocycles. The van der Waals surface area contributed by atoms with E-state index in [1.54, 1.807) is 10.9 Å². The third-order valence-electron chi connectivity index (χ3n) is 3.01. The molecule has 0 spiro atoms. The van der Waals surface area contributed by atoms with Crippen molar-refractivity contribution in [2.24, 2.45) is 0 Å². The highest BCUT2D eigenvalue weighted by Crippen LogP contribution is 2.15. The smallest absolute Gasteiger partial charge is 0.277 e. The van der Waals surface area contributed by atoms with E-state index in [4.69, 9.17) is 4.52 Å². The second kappa shape index (κ2) is 3.43. The number of aromatic amines is 1. The van der Waals surface area contributed by atoms with Crippen molar-refractivity contribution < 1.29 is 9.26 Å². The minimum atomic E-state index is 0.867. The number of benzene rings is 1. The number of nitrogens with zero attached hydrogens (tertiary/aromatic N) is 2. The summed E-state index contributed by atoms with van der Waals surface area (Å²) in [7, 11) is 0. The van der Waals surface area contributed by atoms with E-state index in [1.807, 2.05) is 48.8 Å². The molecule has 18 heavy (non-hydrogen) atoms. The number of nitrogens with one attached hydrogen (secondary N) is 1. The van der Waals surface area contributed by atoms with Gasteiger partial charge in [0.2, 0.25) is 11.8 Å². The fraction of sp³-hybridized carbons (Fsp3) is 0. The van der Waals surface area contributed by atoms with Crippen molar-refractivity contribution in [2.75, 3.05) is 0 Å². The topological polar surface area (TPSA) is 45.7 Å². The molecular weight excluding hydrogens is 226 g/mol. The van der Waals surface area contributed by atoms with E-state index in [0.717, 1.165) is 27.7 Å². The van der Waals surface area contributed by atoms with Gasteiger partial charge in [-0.05, 0) is 18.2 Å². The van der Waals surface area contributed by atoms with Crippen LogP contribution < -0.4 is 4.74 Å². The van der Waals surface area contributed by atoms with Crippen LogP contribution in [0.25, 0.3) is 27.7 Å². The van der Waals surface area contributed by atoms with Crippen LogP contribution >= 0.6 is 0 Å². The number of rotatable bonds is 1. The molecular formula is C14H10N3O+. The largest absolute Gasteiger partial charge is 0.346 e. The van der Waals surface area contributed by atoms with Crippen LogP contribution in [0.3, 0.4) is 0 Å². The van der Waals surface area contributed by atoms with E-state index in [-0.39, 0.29) is 0 Å². The number of para-hydroxylation sites is 1. The van der Waals surface area contributed by atoms with Crippen molar-refractivity contribution in [3.05, 3.63) is 55.0 Å². The first kappa shape index (κ1) is 9.41. The Morgan fingerprint density at radius 2 is 2.06 bits per heavy atom. The highest BCUT2D eigenvalue weighted by molar-refractivity contribution is 5.77. The molecule has 0 unspecified atom stereocenters. The highest BCUT2D eigenvalue weighted by Gasteiger charge is 2.15. The van der Waals surface area contributed by atoms with Crippen LogP contribution in [0.4, 0.5) is 0 Å². The Bertz CT molecular complexity index is 811. The second-order valence-corrected chi connectivity index (χ2v) is 4.19. The number of hydrogen-bond acceptors (Lipinski definition) is 2. The number of fused-ring (bicyclic) bond motifs is 2. The summed E-state index contributed by atoms with van der Waals surface area (Å²) in [5.74, 6) is 0. The van der Waals surface area contributed by atoms with E-state index in [1.165, 1.54) is 0 Å². The summed E-state index contributed by atoms with van der Waals surface area (Å²) in [6.07, 6.45) is 5.64. The number of H-pyrrole nitrogens is 1. The molecule has 3 heterocycles. The third-order valence-corrected chi connectivity index (χ3v) is 3.01. The molecule has 0 fully saturated rings.